The number of carbonyl (C=O) groups is 1. The van der Waals surface area contributed by atoms with E-state index < -0.39 is 35.1 Å². The highest BCUT2D eigenvalue weighted by Crippen LogP contribution is 2.37. The van der Waals surface area contributed by atoms with Gasteiger partial charge in [0.2, 0.25) is 0 Å². The highest BCUT2D eigenvalue weighted by molar-refractivity contribution is 7.05. The lowest BCUT2D eigenvalue weighted by atomic mass is 10.1. The van der Waals surface area contributed by atoms with E-state index in [9.17, 15) is 31.1 Å². The van der Waals surface area contributed by atoms with E-state index in [-0.39, 0.29) is 11.8 Å². The van der Waals surface area contributed by atoms with Gasteiger partial charge in [-0.3, -0.25) is 4.79 Å². The molecule has 23 heavy (non-hydrogen) atoms. The van der Waals surface area contributed by atoms with E-state index in [4.69, 9.17) is 0 Å². The van der Waals surface area contributed by atoms with Gasteiger partial charge in [0, 0.05) is 10.6 Å². The van der Waals surface area contributed by atoms with Crippen molar-refractivity contribution >= 4 is 23.1 Å². The van der Waals surface area contributed by atoms with Gasteiger partial charge in [-0.2, -0.15) is 30.7 Å². The zero-order valence-corrected chi connectivity index (χ0v) is 12.2. The average Bonchev–Trinajstić information content (AvgIpc) is 2.83. The van der Waals surface area contributed by atoms with Crippen LogP contribution >= 0.6 is 11.5 Å². The summed E-state index contributed by atoms with van der Waals surface area (Å²) in [4.78, 5) is 12.5. The molecule has 0 saturated heterocycles. The number of carbonyl (C=O) groups excluding carboxylic acids is 1. The number of halogens is 6. The molecule has 0 atom stereocenters. The molecule has 1 aromatic heterocycles. The molecular weight excluding hydrogens is 346 g/mol. The van der Waals surface area contributed by atoms with Crippen LogP contribution in [-0.2, 0) is 12.4 Å². The first-order valence-corrected chi connectivity index (χ1v) is 6.78. The summed E-state index contributed by atoms with van der Waals surface area (Å²) in [5.74, 6) is -0.887. The normalized spacial score (nSPS) is 12.3. The molecule has 2 rings (SSSR count). The molecular formula is C13H8F6N2OS. The van der Waals surface area contributed by atoms with Crippen LogP contribution in [0.3, 0.4) is 0 Å². The Bertz CT molecular complexity index is 703. The molecule has 2 aromatic rings. The van der Waals surface area contributed by atoms with Crippen molar-refractivity contribution in [2.45, 2.75) is 19.3 Å². The minimum absolute atomic E-state index is 0.0113. The van der Waals surface area contributed by atoms with E-state index >= 15 is 0 Å². The molecule has 10 heteroatoms. The Morgan fingerprint density at radius 1 is 1.00 bits per heavy atom. The molecule has 3 nitrogen and oxygen atoms in total. The van der Waals surface area contributed by atoms with Crippen molar-refractivity contribution in [3.05, 3.63) is 46.0 Å². The van der Waals surface area contributed by atoms with Gasteiger partial charge in [0.15, 0.2) is 0 Å². The zero-order valence-electron chi connectivity index (χ0n) is 11.3. The van der Waals surface area contributed by atoms with Crippen LogP contribution in [0.4, 0.5) is 32.0 Å². The summed E-state index contributed by atoms with van der Waals surface area (Å²) in [6, 6.07) is 2.24. The maximum Gasteiger partial charge on any atom is 0.416 e. The van der Waals surface area contributed by atoms with Gasteiger partial charge >= 0.3 is 12.4 Å². The first-order chi connectivity index (χ1) is 10.5. The fourth-order valence-electron chi connectivity index (χ4n) is 1.70. The molecule has 0 fully saturated rings. The van der Waals surface area contributed by atoms with Crippen LogP contribution in [0.25, 0.3) is 0 Å². The second-order valence-electron chi connectivity index (χ2n) is 4.57. The number of rotatable bonds is 2. The molecule has 1 amide bonds. The summed E-state index contributed by atoms with van der Waals surface area (Å²) < 4.78 is 80.0. The number of hydrogen-bond donors (Lipinski definition) is 1. The average molecular weight is 354 g/mol. The molecule has 0 unspecified atom stereocenters. The van der Waals surface area contributed by atoms with Crippen LogP contribution in [0.2, 0.25) is 0 Å². The molecule has 0 bridgehead atoms. The second kappa shape index (κ2) is 5.84. The third-order valence-corrected chi connectivity index (χ3v) is 3.40. The maximum absolute atomic E-state index is 12.7. The van der Waals surface area contributed by atoms with Gasteiger partial charge in [0.05, 0.1) is 11.1 Å². The standard InChI is InChI=1S/C13H8F6N2OS/c1-6-2-10(21-23-6)11(22)20-9-4-7(12(14,15)16)3-8(5-9)13(17,18)19/h2-5H,1H3,(H,20,22). The van der Waals surface area contributed by atoms with Crippen LogP contribution < -0.4 is 5.32 Å². The molecule has 1 aromatic carbocycles. The van der Waals surface area contributed by atoms with Crippen LogP contribution in [0, 0.1) is 6.92 Å². The molecule has 0 radical (unpaired) electrons. The third kappa shape index (κ3) is 4.21. The van der Waals surface area contributed by atoms with Crippen molar-refractivity contribution < 1.29 is 31.1 Å². The van der Waals surface area contributed by atoms with Gasteiger partial charge in [-0.05, 0) is 42.7 Å². The largest absolute Gasteiger partial charge is 0.416 e. The van der Waals surface area contributed by atoms with E-state index in [1.54, 1.807) is 6.92 Å². The number of benzene rings is 1. The first kappa shape index (κ1) is 17.3. The van der Waals surface area contributed by atoms with E-state index in [1.165, 1.54) is 6.07 Å². The quantitative estimate of drug-likeness (QED) is 0.792. The molecule has 1 heterocycles. The number of nitrogens with one attached hydrogen (secondary N) is 1. The van der Waals surface area contributed by atoms with Crippen molar-refractivity contribution in [2.24, 2.45) is 0 Å². The Kier molecular flexibility index (Phi) is 4.38. The summed E-state index contributed by atoms with van der Waals surface area (Å²) >= 11 is 0.987. The van der Waals surface area contributed by atoms with Crippen molar-refractivity contribution in [1.82, 2.24) is 4.37 Å². The highest BCUT2D eigenvalue weighted by Gasteiger charge is 2.37. The Morgan fingerprint density at radius 2 is 1.52 bits per heavy atom. The number of nitrogens with zero attached hydrogens (tertiary/aromatic N) is 1. The minimum atomic E-state index is -4.97. The number of amides is 1. The summed E-state index contributed by atoms with van der Waals surface area (Å²) in [6.07, 6.45) is -9.95. The highest BCUT2D eigenvalue weighted by atomic mass is 32.1. The second-order valence-corrected chi connectivity index (χ2v) is 5.58. The molecule has 0 aliphatic carbocycles. The number of aryl methyl sites for hydroxylation is 1. The van der Waals surface area contributed by atoms with E-state index in [0.29, 0.717) is 17.0 Å². The van der Waals surface area contributed by atoms with Crippen LogP contribution in [-0.4, -0.2) is 10.3 Å². The fraction of sp³-hybridized carbons (Fsp3) is 0.231. The lowest BCUT2D eigenvalue weighted by Crippen LogP contribution is -2.16. The Labute approximate surface area is 130 Å². The summed E-state index contributed by atoms with van der Waals surface area (Å²) in [5.41, 5.74) is -3.70. The van der Waals surface area contributed by atoms with Gasteiger partial charge in [0.1, 0.15) is 5.69 Å². The van der Waals surface area contributed by atoms with Crippen LogP contribution in [0.1, 0.15) is 26.5 Å². The molecule has 0 aliphatic rings. The predicted molar refractivity (Wildman–Crippen MR) is 71.3 cm³/mol. The van der Waals surface area contributed by atoms with Gasteiger partial charge in [0.25, 0.3) is 5.91 Å². The zero-order chi connectivity index (χ0) is 17.4. The van der Waals surface area contributed by atoms with Gasteiger partial charge in [-0.25, -0.2) is 0 Å². The molecule has 124 valence electrons. The van der Waals surface area contributed by atoms with Crippen molar-refractivity contribution in [3.63, 3.8) is 0 Å². The Hall–Kier alpha value is -2.10. The molecule has 0 saturated carbocycles. The maximum atomic E-state index is 12.7. The smallest absolute Gasteiger partial charge is 0.321 e. The van der Waals surface area contributed by atoms with Crippen LogP contribution in [0.15, 0.2) is 24.3 Å². The summed E-state index contributed by atoms with van der Waals surface area (Å²) in [5, 5.41) is 2.00. The number of alkyl halides is 6. The van der Waals surface area contributed by atoms with E-state index in [1.807, 2.05) is 5.32 Å². The van der Waals surface area contributed by atoms with Crippen molar-refractivity contribution in [2.75, 3.05) is 5.32 Å². The van der Waals surface area contributed by atoms with Gasteiger partial charge in [-0.1, -0.05) is 0 Å². The summed E-state index contributed by atoms with van der Waals surface area (Å²) in [7, 11) is 0. The molecule has 0 spiro atoms. The lowest BCUT2D eigenvalue weighted by Gasteiger charge is -2.14. The van der Waals surface area contributed by atoms with Crippen LogP contribution in [0.5, 0.6) is 0 Å². The third-order valence-electron chi connectivity index (χ3n) is 2.71. The Balaban J connectivity index is 2.39. The first-order valence-electron chi connectivity index (χ1n) is 6.01. The molecule has 0 aliphatic heterocycles. The van der Waals surface area contributed by atoms with Crippen molar-refractivity contribution in [3.8, 4) is 0 Å². The van der Waals surface area contributed by atoms with Gasteiger partial charge in [-0.15, -0.1) is 0 Å². The monoisotopic (exact) mass is 354 g/mol. The lowest BCUT2D eigenvalue weighted by molar-refractivity contribution is -0.143. The number of aromatic nitrogens is 1. The fourth-order valence-corrected chi connectivity index (χ4v) is 2.24. The SMILES string of the molecule is Cc1cc(C(=O)Nc2cc(C(F)(F)F)cc(C(F)(F)F)c2)ns1. The number of hydrogen-bond acceptors (Lipinski definition) is 3. The van der Waals surface area contributed by atoms with Gasteiger partial charge < -0.3 is 5.32 Å². The molecule has 1 N–H and O–H groups in total. The van der Waals surface area contributed by atoms with E-state index in [2.05, 4.69) is 4.37 Å². The van der Waals surface area contributed by atoms with Crippen molar-refractivity contribution in [1.29, 1.82) is 0 Å². The van der Waals surface area contributed by atoms with E-state index in [0.717, 1.165) is 11.5 Å². The number of anilines is 1. The summed E-state index contributed by atoms with van der Waals surface area (Å²) in [6.45, 7) is 1.65. The Morgan fingerprint density at radius 3 is 1.91 bits per heavy atom. The topological polar surface area (TPSA) is 42.0 Å². The minimum Gasteiger partial charge on any atom is -0.321 e. The predicted octanol–water partition coefficient (Wildman–Crippen LogP) is 4.74.